The summed E-state index contributed by atoms with van der Waals surface area (Å²) in [6.45, 7) is 13.7. The van der Waals surface area contributed by atoms with E-state index in [1.807, 2.05) is 0 Å². The van der Waals surface area contributed by atoms with E-state index in [1.54, 1.807) is 0 Å². The van der Waals surface area contributed by atoms with Crippen LogP contribution in [0.15, 0.2) is 0 Å². The molecule has 0 aromatic carbocycles. The Morgan fingerprint density at radius 3 is 0.881 bits per heavy atom. The minimum atomic E-state index is -0.763. The summed E-state index contributed by atoms with van der Waals surface area (Å²) < 4.78 is 16.8. The lowest BCUT2D eigenvalue weighted by Gasteiger charge is -2.18. The van der Waals surface area contributed by atoms with E-state index in [0.29, 0.717) is 19.3 Å². The first-order chi connectivity index (χ1) is 28.7. The predicted octanol–water partition coefficient (Wildman–Crippen LogP) is 16.8. The van der Waals surface area contributed by atoms with Crippen LogP contribution in [-0.4, -0.2) is 37.2 Å². The van der Waals surface area contributed by atoms with Crippen LogP contribution in [0.25, 0.3) is 0 Å². The van der Waals surface area contributed by atoms with Crippen molar-refractivity contribution in [1.82, 2.24) is 0 Å². The average Bonchev–Trinajstić information content (AvgIpc) is 3.22. The van der Waals surface area contributed by atoms with Crippen LogP contribution in [0.2, 0.25) is 0 Å². The lowest BCUT2D eigenvalue weighted by atomic mass is 9.99. The maximum atomic E-state index is 12.8. The molecule has 0 aromatic heterocycles. The van der Waals surface area contributed by atoms with Crippen LogP contribution in [0, 0.1) is 17.8 Å². The first-order valence-corrected chi connectivity index (χ1v) is 26.2. The van der Waals surface area contributed by atoms with Gasteiger partial charge >= 0.3 is 17.9 Å². The number of hydrogen-bond acceptors (Lipinski definition) is 6. The highest BCUT2D eigenvalue weighted by Gasteiger charge is 2.19. The van der Waals surface area contributed by atoms with Gasteiger partial charge in [0, 0.05) is 19.3 Å². The van der Waals surface area contributed by atoms with Crippen LogP contribution >= 0.6 is 0 Å². The first-order valence-electron chi connectivity index (χ1n) is 26.2. The molecule has 3 atom stereocenters. The second-order valence-electron chi connectivity index (χ2n) is 19.1. The van der Waals surface area contributed by atoms with Crippen molar-refractivity contribution in [2.75, 3.05) is 13.2 Å². The normalized spacial score (nSPS) is 13.1. The quantitative estimate of drug-likeness (QED) is 0.0345. The highest BCUT2D eigenvalue weighted by Crippen LogP contribution is 2.18. The van der Waals surface area contributed by atoms with Crippen LogP contribution in [0.4, 0.5) is 0 Å². The summed E-state index contributed by atoms with van der Waals surface area (Å²) in [5, 5.41) is 0. The standard InChI is InChI=1S/C53H102O6/c1-7-48(5)40-34-28-21-19-17-15-13-11-9-10-12-14-16-18-20-22-32-38-44-53(56)59-50(45-57-51(54)42-36-30-25-23-27-33-39-47(3)4)46-58-52(55)43-37-31-26-24-29-35-41-49(6)8-2/h47-50H,7-46H2,1-6H3/t48?,49?,50-/m0/s1. The molecule has 6 nitrogen and oxygen atoms in total. The van der Waals surface area contributed by atoms with Gasteiger partial charge in [-0.25, -0.2) is 0 Å². The van der Waals surface area contributed by atoms with Crippen LogP contribution in [0.3, 0.4) is 0 Å². The average molecular weight is 835 g/mol. The molecule has 0 saturated carbocycles. The molecule has 0 radical (unpaired) electrons. The SMILES string of the molecule is CCC(C)CCCCCCCCCCCCCCCCCCCCC(=O)O[C@@H](COC(=O)CCCCCCCCC(C)C)COC(=O)CCCCCCCCC(C)CC. The van der Waals surface area contributed by atoms with Crippen molar-refractivity contribution in [2.45, 2.75) is 292 Å². The number of ether oxygens (including phenoxy) is 3. The van der Waals surface area contributed by atoms with Crippen molar-refractivity contribution in [1.29, 1.82) is 0 Å². The summed E-state index contributed by atoms with van der Waals surface area (Å²) in [5.41, 5.74) is 0. The van der Waals surface area contributed by atoms with Gasteiger partial charge in [-0.2, -0.15) is 0 Å². The maximum Gasteiger partial charge on any atom is 0.306 e. The van der Waals surface area contributed by atoms with E-state index in [2.05, 4.69) is 41.5 Å². The van der Waals surface area contributed by atoms with Crippen molar-refractivity contribution in [3.05, 3.63) is 0 Å². The van der Waals surface area contributed by atoms with E-state index in [-0.39, 0.29) is 31.1 Å². The summed E-state index contributed by atoms with van der Waals surface area (Å²) in [5.74, 6) is 1.63. The zero-order valence-electron chi connectivity index (χ0n) is 40.5. The van der Waals surface area contributed by atoms with Crippen LogP contribution in [-0.2, 0) is 28.6 Å². The van der Waals surface area contributed by atoms with Crippen molar-refractivity contribution in [3.8, 4) is 0 Å². The molecule has 0 aliphatic heterocycles. The molecule has 0 aromatic rings. The van der Waals surface area contributed by atoms with Gasteiger partial charge in [0.2, 0.25) is 0 Å². The lowest BCUT2D eigenvalue weighted by Crippen LogP contribution is -2.30. The molecule has 0 heterocycles. The molecule has 0 N–H and O–H groups in total. The molecular formula is C53H102O6. The molecule has 0 spiro atoms. The second-order valence-corrected chi connectivity index (χ2v) is 19.1. The summed E-state index contributed by atoms with van der Waals surface area (Å²) >= 11 is 0. The van der Waals surface area contributed by atoms with Crippen LogP contribution in [0.5, 0.6) is 0 Å². The largest absolute Gasteiger partial charge is 0.462 e. The fourth-order valence-corrected chi connectivity index (χ4v) is 7.87. The van der Waals surface area contributed by atoms with Gasteiger partial charge in [-0.05, 0) is 37.0 Å². The molecule has 0 amide bonds. The Labute approximate surface area is 368 Å². The van der Waals surface area contributed by atoms with Gasteiger partial charge in [-0.15, -0.1) is 0 Å². The monoisotopic (exact) mass is 835 g/mol. The Hall–Kier alpha value is -1.59. The number of rotatable bonds is 46. The van der Waals surface area contributed by atoms with Crippen molar-refractivity contribution in [3.63, 3.8) is 0 Å². The third-order valence-electron chi connectivity index (χ3n) is 12.6. The van der Waals surface area contributed by atoms with Gasteiger partial charge in [0.05, 0.1) is 0 Å². The summed E-state index contributed by atoms with van der Waals surface area (Å²) in [6, 6.07) is 0. The van der Waals surface area contributed by atoms with Gasteiger partial charge in [0.25, 0.3) is 0 Å². The van der Waals surface area contributed by atoms with Crippen LogP contribution < -0.4 is 0 Å². The van der Waals surface area contributed by atoms with Gasteiger partial charge in [-0.3, -0.25) is 14.4 Å². The molecule has 0 rings (SSSR count). The minimum Gasteiger partial charge on any atom is -0.462 e. The van der Waals surface area contributed by atoms with Gasteiger partial charge < -0.3 is 14.2 Å². The molecule has 0 bridgehead atoms. The Bertz CT molecular complexity index is 918. The molecule has 0 aliphatic rings. The molecule has 0 aliphatic carbocycles. The van der Waals surface area contributed by atoms with E-state index < -0.39 is 6.10 Å². The zero-order chi connectivity index (χ0) is 43.4. The third-order valence-corrected chi connectivity index (χ3v) is 12.6. The minimum absolute atomic E-state index is 0.0668. The van der Waals surface area contributed by atoms with E-state index >= 15 is 0 Å². The van der Waals surface area contributed by atoms with E-state index in [0.717, 1.165) is 75.5 Å². The lowest BCUT2D eigenvalue weighted by molar-refractivity contribution is -0.167. The van der Waals surface area contributed by atoms with Crippen molar-refractivity contribution in [2.24, 2.45) is 17.8 Å². The Balaban J connectivity index is 4.18. The molecule has 0 fully saturated rings. The number of carbonyl (C=O) groups excluding carboxylic acids is 3. The Morgan fingerprint density at radius 2 is 0.593 bits per heavy atom. The summed E-state index contributed by atoms with van der Waals surface area (Å²) in [6.07, 6.45) is 44.0. The number of hydrogen-bond donors (Lipinski definition) is 0. The molecule has 0 saturated heterocycles. The van der Waals surface area contributed by atoms with E-state index in [9.17, 15) is 14.4 Å². The Kier molecular flexibility index (Phi) is 43.3. The smallest absolute Gasteiger partial charge is 0.306 e. The van der Waals surface area contributed by atoms with Gasteiger partial charge in [0.1, 0.15) is 13.2 Å². The summed E-state index contributed by atoms with van der Waals surface area (Å²) in [7, 11) is 0. The molecule has 6 heteroatoms. The van der Waals surface area contributed by atoms with Crippen LogP contribution in [0.1, 0.15) is 286 Å². The second kappa shape index (κ2) is 44.5. The summed E-state index contributed by atoms with van der Waals surface area (Å²) in [4.78, 5) is 37.8. The van der Waals surface area contributed by atoms with Gasteiger partial charge in [-0.1, -0.05) is 247 Å². The first kappa shape index (κ1) is 57.4. The molecule has 59 heavy (non-hydrogen) atoms. The fourth-order valence-electron chi connectivity index (χ4n) is 7.87. The maximum absolute atomic E-state index is 12.8. The predicted molar refractivity (Wildman–Crippen MR) is 252 cm³/mol. The molecule has 350 valence electrons. The van der Waals surface area contributed by atoms with Crippen molar-refractivity contribution < 1.29 is 28.6 Å². The highest BCUT2D eigenvalue weighted by atomic mass is 16.6. The van der Waals surface area contributed by atoms with Crippen molar-refractivity contribution >= 4 is 17.9 Å². The third kappa shape index (κ3) is 44.3. The highest BCUT2D eigenvalue weighted by molar-refractivity contribution is 5.71. The fraction of sp³-hybridized carbons (Fsp3) is 0.943. The van der Waals surface area contributed by atoms with E-state index in [4.69, 9.17) is 14.2 Å². The van der Waals surface area contributed by atoms with E-state index in [1.165, 1.54) is 167 Å². The van der Waals surface area contributed by atoms with Gasteiger partial charge in [0.15, 0.2) is 6.10 Å². The number of carbonyl (C=O) groups is 3. The number of unbranched alkanes of at least 4 members (excludes halogenated alkanes) is 27. The number of esters is 3. The molecule has 2 unspecified atom stereocenters. The Morgan fingerprint density at radius 1 is 0.339 bits per heavy atom. The molecular weight excluding hydrogens is 733 g/mol. The zero-order valence-corrected chi connectivity index (χ0v) is 40.5. The topological polar surface area (TPSA) is 78.9 Å².